The Bertz CT molecular complexity index is 436. The molecule has 1 fully saturated rings. The topological polar surface area (TPSA) is 61.6 Å². The Morgan fingerprint density at radius 2 is 2.17 bits per heavy atom. The van der Waals surface area contributed by atoms with Crippen molar-refractivity contribution in [1.29, 1.82) is 5.26 Å². The van der Waals surface area contributed by atoms with Gasteiger partial charge in [0.25, 0.3) is 0 Å². The van der Waals surface area contributed by atoms with Crippen molar-refractivity contribution in [3.63, 3.8) is 0 Å². The molecule has 1 saturated carbocycles. The Morgan fingerprint density at radius 3 is 2.89 bits per heavy atom. The Morgan fingerprint density at radius 1 is 1.39 bits per heavy atom. The van der Waals surface area contributed by atoms with Crippen LogP contribution in [0.15, 0.2) is 12.3 Å². The predicted octanol–water partition coefficient (Wildman–Crippen LogP) is 2.97. The van der Waals surface area contributed by atoms with E-state index in [1.807, 2.05) is 0 Å². The predicted molar refractivity (Wildman–Crippen MR) is 71.0 cm³/mol. The first kappa shape index (κ1) is 12.8. The van der Waals surface area contributed by atoms with E-state index in [1.54, 1.807) is 12.3 Å². The molecule has 96 valence electrons. The molecule has 2 unspecified atom stereocenters. The van der Waals surface area contributed by atoms with E-state index in [4.69, 9.17) is 5.26 Å². The molecular weight excluding hydrogens is 224 g/mol. The van der Waals surface area contributed by atoms with Crippen molar-refractivity contribution in [2.45, 2.75) is 45.6 Å². The Labute approximate surface area is 108 Å². The van der Waals surface area contributed by atoms with Gasteiger partial charge in [0.15, 0.2) is 5.82 Å². The summed E-state index contributed by atoms with van der Waals surface area (Å²) in [5, 5.41) is 20.4. The zero-order valence-electron chi connectivity index (χ0n) is 11.1. The largest absolute Gasteiger partial charge is 0.364 e. The molecule has 0 saturated heterocycles. The van der Waals surface area contributed by atoms with Crippen molar-refractivity contribution in [2.75, 3.05) is 5.32 Å². The summed E-state index contributed by atoms with van der Waals surface area (Å²) in [5.74, 6) is 1.95. The second kappa shape index (κ2) is 5.81. The molecule has 0 spiro atoms. The van der Waals surface area contributed by atoms with Gasteiger partial charge in [0.2, 0.25) is 0 Å². The summed E-state index contributed by atoms with van der Waals surface area (Å²) >= 11 is 0. The van der Waals surface area contributed by atoms with Crippen molar-refractivity contribution >= 4 is 5.82 Å². The Hall–Kier alpha value is -1.63. The van der Waals surface area contributed by atoms with E-state index < -0.39 is 0 Å². The molecule has 1 N–H and O–H groups in total. The molecule has 1 heterocycles. The van der Waals surface area contributed by atoms with Crippen LogP contribution in [-0.2, 0) is 0 Å². The number of nitrogens with one attached hydrogen (secondary N) is 1. The number of hydrogen-bond donors (Lipinski definition) is 1. The maximum absolute atomic E-state index is 9.07. The van der Waals surface area contributed by atoms with E-state index in [9.17, 15) is 0 Å². The van der Waals surface area contributed by atoms with Crippen LogP contribution in [0.3, 0.4) is 0 Å². The van der Waals surface area contributed by atoms with Gasteiger partial charge < -0.3 is 5.32 Å². The smallest absolute Gasteiger partial charge is 0.166 e. The first-order chi connectivity index (χ1) is 8.72. The summed E-state index contributed by atoms with van der Waals surface area (Å²) in [5.41, 5.74) is 0.582. The number of rotatable bonds is 3. The Balaban J connectivity index is 2.14. The fourth-order valence-corrected chi connectivity index (χ4v) is 2.84. The van der Waals surface area contributed by atoms with Crippen molar-refractivity contribution in [1.82, 2.24) is 10.2 Å². The highest BCUT2D eigenvalue weighted by Gasteiger charge is 2.28. The number of nitrogens with zero attached hydrogens (tertiary/aromatic N) is 3. The van der Waals surface area contributed by atoms with Crippen LogP contribution >= 0.6 is 0 Å². The first-order valence-electron chi connectivity index (χ1n) is 6.70. The van der Waals surface area contributed by atoms with Crippen LogP contribution in [0, 0.1) is 23.2 Å². The number of hydrogen-bond acceptors (Lipinski definition) is 4. The summed E-state index contributed by atoms with van der Waals surface area (Å²) in [7, 11) is 0. The number of anilines is 1. The lowest BCUT2D eigenvalue weighted by molar-refractivity contribution is 0.253. The van der Waals surface area contributed by atoms with Gasteiger partial charge in [-0.25, -0.2) is 0 Å². The zero-order chi connectivity index (χ0) is 13.0. The van der Waals surface area contributed by atoms with Gasteiger partial charge in [-0.05, 0) is 30.7 Å². The summed E-state index contributed by atoms with van der Waals surface area (Å²) in [4.78, 5) is 0. The van der Waals surface area contributed by atoms with Crippen LogP contribution in [-0.4, -0.2) is 16.2 Å². The van der Waals surface area contributed by atoms with Crippen LogP contribution in [0.5, 0.6) is 0 Å². The summed E-state index contributed by atoms with van der Waals surface area (Å²) < 4.78 is 0. The van der Waals surface area contributed by atoms with E-state index >= 15 is 0 Å². The molecule has 4 nitrogen and oxygen atoms in total. The van der Waals surface area contributed by atoms with Gasteiger partial charge >= 0.3 is 0 Å². The number of aromatic nitrogens is 2. The summed E-state index contributed by atoms with van der Waals surface area (Å²) in [6.45, 7) is 4.54. The van der Waals surface area contributed by atoms with E-state index in [2.05, 4.69) is 35.4 Å². The lowest BCUT2D eigenvalue weighted by atomic mass is 9.78. The van der Waals surface area contributed by atoms with E-state index in [-0.39, 0.29) is 0 Å². The molecule has 0 amide bonds. The second-order valence-corrected chi connectivity index (χ2v) is 5.35. The first-order valence-corrected chi connectivity index (χ1v) is 6.70. The maximum Gasteiger partial charge on any atom is 0.166 e. The van der Waals surface area contributed by atoms with E-state index in [1.165, 1.54) is 19.3 Å². The average molecular weight is 244 g/mol. The van der Waals surface area contributed by atoms with Gasteiger partial charge in [-0.1, -0.05) is 26.7 Å². The van der Waals surface area contributed by atoms with Crippen LogP contribution in [0.25, 0.3) is 0 Å². The molecule has 1 aliphatic rings. The van der Waals surface area contributed by atoms with Gasteiger partial charge in [0, 0.05) is 6.04 Å². The minimum atomic E-state index is 0.419. The van der Waals surface area contributed by atoms with Gasteiger partial charge in [-0.2, -0.15) is 10.4 Å². The molecule has 18 heavy (non-hydrogen) atoms. The van der Waals surface area contributed by atoms with Crippen molar-refractivity contribution in [3.05, 3.63) is 17.8 Å². The van der Waals surface area contributed by atoms with Crippen molar-refractivity contribution in [2.24, 2.45) is 11.8 Å². The fraction of sp³-hybridized carbons (Fsp3) is 0.643. The lowest BCUT2D eigenvalue weighted by Gasteiger charge is -2.35. The zero-order valence-corrected chi connectivity index (χ0v) is 11.1. The molecule has 0 radical (unpaired) electrons. The minimum Gasteiger partial charge on any atom is -0.364 e. The van der Waals surface area contributed by atoms with Crippen LogP contribution in [0.1, 0.15) is 45.1 Å². The lowest BCUT2D eigenvalue weighted by Crippen LogP contribution is -2.35. The average Bonchev–Trinajstić information content (AvgIpc) is 2.40. The minimum absolute atomic E-state index is 0.419. The van der Waals surface area contributed by atoms with Crippen molar-refractivity contribution < 1.29 is 0 Å². The van der Waals surface area contributed by atoms with Crippen LogP contribution < -0.4 is 5.32 Å². The molecule has 0 aliphatic heterocycles. The Kier molecular flexibility index (Phi) is 4.14. The highest BCUT2D eigenvalue weighted by Crippen LogP contribution is 2.32. The normalized spacial score (nSPS) is 23.7. The van der Waals surface area contributed by atoms with Crippen LogP contribution in [0.2, 0.25) is 0 Å². The highest BCUT2D eigenvalue weighted by molar-refractivity contribution is 5.50. The molecule has 0 bridgehead atoms. The SMILES string of the molecule is CC(C)C1CCCCC1Nc1nnccc1C#N. The second-order valence-electron chi connectivity index (χ2n) is 5.35. The standard InChI is InChI=1S/C14H20N4/c1-10(2)12-5-3-4-6-13(12)17-14-11(9-15)7-8-16-18-14/h7-8,10,12-13H,3-6H2,1-2H3,(H,17,18). The van der Waals surface area contributed by atoms with Crippen LogP contribution in [0.4, 0.5) is 5.82 Å². The molecule has 4 heteroatoms. The molecule has 1 aliphatic carbocycles. The van der Waals surface area contributed by atoms with Gasteiger partial charge in [0.05, 0.1) is 11.8 Å². The third-order valence-electron chi connectivity index (χ3n) is 3.84. The molecule has 2 rings (SSSR count). The highest BCUT2D eigenvalue weighted by atomic mass is 15.2. The monoisotopic (exact) mass is 244 g/mol. The number of nitriles is 1. The summed E-state index contributed by atoms with van der Waals surface area (Å²) in [6, 6.07) is 4.29. The molecule has 1 aromatic heterocycles. The third kappa shape index (κ3) is 2.79. The molecule has 0 aromatic carbocycles. The molecular formula is C14H20N4. The summed E-state index contributed by atoms with van der Waals surface area (Å²) in [6.07, 6.45) is 6.54. The molecule has 1 aromatic rings. The fourth-order valence-electron chi connectivity index (χ4n) is 2.84. The van der Waals surface area contributed by atoms with E-state index in [0.717, 1.165) is 6.42 Å². The van der Waals surface area contributed by atoms with Gasteiger partial charge in [-0.3, -0.25) is 0 Å². The molecule has 2 atom stereocenters. The maximum atomic E-state index is 9.07. The van der Waals surface area contributed by atoms with E-state index in [0.29, 0.717) is 29.3 Å². The van der Waals surface area contributed by atoms with Gasteiger partial charge in [0.1, 0.15) is 6.07 Å². The quantitative estimate of drug-likeness (QED) is 0.888. The van der Waals surface area contributed by atoms with Crippen molar-refractivity contribution in [3.8, 4) is 6.07 Å². The third-order valence-corrected chi connectivity index (χ3v) is 3.84. The van der Waals surface area contributed by atoms with Gasteiger partial charge in [-0.15, -0.1) is 5.10 Å².